The highest BCUT2D eigenvalue weighted by molar-refractivity contribution is 5.31. The van der Waals surface area contributed by atoms with Crippen LogP contribution in [0.5, 0.6) is 0 Å². The van der Waals surface area contributed by atoms with Gasteiger partial charge in [-0.05, 0) is 233 Å². The number of hydrogen-bond donors (Lipinski definition) is 0. The van der Waals surface area contributed by atoms with Gasteiger partial charge in [0, 0.05) is 87.5 Å². The van der Waals surface area contributed by atoms with E-state index in [2.05, 4.69) is 103 Å². The fourth-order valence-corrected chi connectivity index (χ4v) is 11.1. The predicted molar refractivity (Wildman–Crippen MR) is 478 cm³/mol. The van der Waals surface area contributed by atoms with Gasteiger partial charge < -0.3 is 4.90 Å². The maximum absolute atomic E-state index is 11.8. The van der Waals surface area contributed by atoms with Crippen LogP contribution in [-0.2, 0) is 0 Å². The van der Waals surface area contributed by atoms with Gasteiger partial charge in [-0.25, -0.2) is 43.3 Å². The number of allylic oxidation sites excluding steroid dienone is 8. The molecule has 4 fully saturated rings. The Labute approximate surface area is 716 Å². The quantitative estimate of drug-likeness (QED) is 0.0871. The van der Waals surface area contributed by atoms with E-state index in [0.717, 1.165) is 65.7 Å². The van der Waals surface area contributed by atoms with Gasteiger partial charge in [0.15, 0.2) is 5.82 Å². The summed E-state index contributed by atoms with van der Waals surface area (Å²) in [7, 11) is 2.01. The molecule has 0 amide bonds. The van der Waals surface area contributed by atoms with E-state index in [4.69, 9.17) is 0 Å². The Kier molecular flexibility index (Phi) is 46.1. The lowest BCUT2D eigenvalue weighted by molar-refractivity contribution is 0.126. The van der Waals surface area contributed by atoms with Crippen molar-refractivity contribution in [1.29, 1.82) is 0 Å². The first-order valence-corrected chi connectivity index (χ1v) is 40.8. The van der Waals surface area contributed by atoms with E-state index in [0.29, 0.717) is 28.9 Å². The van der Waals surface area contributed by atoms with Gasteiger partial charge >= 0.3 is 45.5 Å². The van der Waals surface area contributed by atoms with Crippen molar-refractivity contribution in [3.63, 3.8) is 0 Å². The Hall–Kier alpha value is -14.5. The van der Waals surface area contributed by atoms with Crippen LogP contribution in [0.25, 0.3) is 72.5 Å². The van der Waals surface area contributed by atoms with E-state index in [-0.39, 0.29) is 71.1 Å². The molecule has 0 radical (unpaired) electrons. The monoisotopic (exact) mass is 1710 g/mol. The molecule has 0 unspecified atom stereocenters. The molecular formula is C80H118N36O8. The molecule has 1 saturated heterocycles. The summed E-state index contributed by atoms with van der Waals surface area (Å²) in [5.41, 5.74) is 0.139. The number of tetrazole rings is 8. The van der Waals surface area contributed by atoms with Crippen LogP contribution in [0.4, 0.5) is 0 Å². The van der Waals surface area contributed by atoms with Gasteiger partial charge in [0.25, 0.3) is 0 Å². The Morgan fingerprint density at radius 3 is 0.887 bits per heavy atom. The minimum absolute atomic E-state index is 0. The molecule has 11 aromatic heterocycles. The number of hydrogen-bond acceptors (Lipinski definition) is 28. The van der Waals surface area contributed by atoms with Crippen molar-refractivity contribution in [3.05, 3.63) is 236 Å². The molecule has 124 heavy (non-hydrogen) atoms. The van der Waals surface area contributed by atoms with E-state index in [1.54, 1.807) is 198 Å². The summed E-state index contributed by atoms with van der Waals surface area (Å²) in [4.78, 5) is 107. The SMILES string of the molecule is C.C/C=C/n1nnn(-c2ccccc2)c1=O.C/C=C/n1nnn(-c2ccccn2)c1=O.C/C=C/n1nnn(-c2cccnc2)c1=O.C/C=C/n1nnn(-c2ccncc2)c1=O.C/C=C/n1nnn(C2CC2)c1=O.C/C=C/n1nnn(C2CCCC2)c1=O.C/C=C/n1nnn(C2CCCCC2)c1=O.C/C=C/n1nnn(C2CN(C)C2)c1=O.CC.CC.CC.CC. The molecule has 3 saturated carbocycles. The smallest absolute Gasteiger partial charge is 0.302 e. The second-order valence-electron chi connectivity index (χ2n) is 25.2. The predicted octanol–water partition coefficient (Wildman–Crippen LogP) is 8.77. The zero-order valence-electron chi connectivity index (χ0n) is 72.9. The van der Waals surface area contributed by atoms with E-state index in [1.165, 1.54) is 99.2 Å². The first-order chi connectivity index (χ1) is 60.0. The third-order valence-corrected chi connectivity index (χ3v) is 16.8. The van der Waals surface area contributed by atoms with E-state index >= 15 is 0 Å². The summed E-state index contributed by atoms with van der Waals surface area (Å²) in [5, 5.41) is 60.1. The van der Waals surface area contributed by atoms with Crippen LogP contribution < -0.4 is 45.5 Å². The van der Waals surface area contributed by atoms with E-state index < -0.39 is 0 Å². The highest BCUT2D eigenvalue weighted by Crippen LogP contribution is 2.32. The van der Waals surface area contributed by atoms with Crippen LogP contribution in [0.3, 0.4) is 0 Å². The second-order valence-corrected chi connectivity index (χ2v) is 25.2. The summed E-state index contributed by atoms with van der Waals surface area (Å²) in [6, 6.07) is 22.3. The number of nitrogens with zero attached hydrogens (tertiary/aromatic N) is 36. The minimum Gasteiger partial charge on any atom is -0.302 e. The van der Waals surface area contributed by atoms with E-state index in [9.17, 15) is 38.4 Å². The number of rotatable bonds is 16. The fraction of sp³-hybridized carbons (Fsp3) is 0.438. The number of likely N-dealkylation sites (tertiary alicyclic amines) is 1. The summed E-state index contributed by atoms with van der Waals surface area (Å²) in [6.45, 7) is 32.3. The van der Waals surface area contributed by atoms with E-state index in [1.807, 2.05) is 115 Å². The molecule has 3 aliphatic carbocycles. The normalized spacial score (nSPS) is 13.7. The number of benzene rings is 1. The number of pyridine rings is 3. The first-order valence-electron chi connectivity index (χ1n) is 40.8. The number of likely N-dealkylation sites (N-methyl/N-ethyl adjacent to an activating group) is 1. The van der Waals surface area contributed by atoms with Crippen molar-refractivity contribution in [2.24, 2.45) is 0 Å². The molecule has 12 heterocycles. The highest BCUT2D eigenvalue weighted by Gasteiger charge is 2.29. The Balaban J connectivity index is 0.000000294. The van der Waals surface area contributed by atoms with Crippen molar-refractivity contribution >= 4 is 49.6 Å². The highest BCUT2D eigenvalue weighted by atomic mass is 16.2. The maximum Gasteiger partial charge on any atom is 0.374 e. The molecule has 12 aromatic rings. The van der Waals surface area contributed by atoms with Gasteiger partial charge in [0.2, 0.25) is 0 Å². The third-order valence-electron chi connectivity index (χ3n) is 16.8. The first kappa shape index (κ1) is 102. The van der Waals surface area contributed by atoms with Crippen LogP contribution in [0.1, 0.15) is 213 Å². The average molecular weight is 1710 g/mol. The Morgan fingerprint density at radius 2 is 0.565 bits per heavy atom. The molecule has 0 N–H and O–H groups in total. The van der Waals surface area contributed by atoms with Crippen LogP contribution in [0, 0.1) is 0 Å². The van der Waals surface area contributed by atoms with Crippen LogP contribution in [0.2, 0.25) is 0 Å². The van der Waals surface area contributed by atoms with Crippen molar-refractivity contribution in [1.82, 2.24) is 178 Å². The number of para-hydroxylation sites is 1. The van der Waals surface area contributed by atoms with Crippen molar-refractivity contribution in [2.45, 2.75) is 213 Å². The molecule has 44 heteroatoms. The van der Waals surface area contributed by atoms with Gasteiger partial charge in [-0.15, -0.1) is 4.68 Å². The lowest BCUT2D eigenvalue weighted by atomic mass is 9.96. The molecule has 1 aliphatic heterocycles. The van der Waals surface area contributed by atoms with Gasteiger partial charge in [-0.3, -0.25) is 9.97 Å². The molecule has 4 aliphatic rings. The van der Waals surface area contributed by atoms with Crippen LogP contribution in [0.15, 0.2) is 191 Å². The lowest BCUT2D eigenvalue weighted by Gasteiger charge is -2.34. The largest absolute Gasteiger partial charge is 0.374 e. The molecular weight excluding hydrogens is 1590 g/mol. The minimum atomic E-state index is -0.341. The summed E-state index contributed by atoms with van der Waals surface area (Å²) >= 11 is 0. The van der Waals surface area contributed by atoms with Gasteiger partial charge in [-0.2, -0.15) is 70.2 Å². The zero-order chi connectivity index (χ0) is 90.0. The lowest BCUT2D eigenvalue weighted by Crippen LogP contribution is -2.48. The topological polar surface area (TPSA) is 464 Å². The molecule has 0 spiro atoms. The summed E-state index contributed by atoms with van der Waals surface area (Å²) in [6.07, 6.45) is 46.9. The molecule has 0 bridgehead atoms. The molecule has 1 aromatic carbocycles. The standard InChI is InChI=1S/C10H16N4O.C10H10N4O.3C9H9N5O.C9H14N4O.C8H13N5O.C7H10N4O.4C2H6.CH4/c2*1-2-8-13-10(15)14(12-11-13)9-6-4-3-5-7-9;1-2-7-13-9(15)14(12-11-13)8-3-5-10-6-4-8;1-2-7-13-9(15)14(12-11-13)8-5-3-4-6-10-8;1-2-6-13-9(15)14(12-11-13)8-4-3-5-10-7-8;1-2-7-12-9(14)13(11-10-12)8-5-3-4-6-8;1-3-4-12-8(14)13(10-9-12)7-5-11(2)6-7;1-2-5-10-7(12)11(9-8-10)6-3-4-6;4*1-2;/h2,8-9H,3-7H2,1H3;2-8H,1H3;3*2-7H,1H3;2,7-8H,3-6H2,1H3;3-4,7H,5-6H2,1-2H3;2,5-6H,3-4H2,1H3;4*1-2H3;1H4/b2*8-2+;2*7-2+;6-2+;7-2+;4-3+;5-2+;;;;;. The fourth-order valence-electron chi connectivity index (χ4n) is 11.1. The van der Waals surface area contributed by atoms with Gasteiger partial charge in [0.05, 0.1) is 47.4 Å². The second kappa shape index (κ2) is 56.1. The third kappa shape index (κ3) is 29.4. The number of aromatic nitrogens is 35. The van der Waals surface area contributed by atoms with Crippen molar-refractivity contribution in [3.8, 4) is 22.9 Å². The van der Waals surface area contributed by atoms with Crippen molar-refractivity contribution < 1.29 is 0 Å². The van der Waals surface area contributed by atoms with Gasteiger partial charge in [-0.1, -0.05) is 168 Å². The van der Waals surface area contributed by atoms with Crippen LogP contribution >= 0.6 is 0 Å². The Morgan fingerprint density at radius 1 is 0.274 bits per heavy atom. The maximum atomic E-state index is 11.8. The molecule has 666 valence electrons. The zero-order valence-corrected chi connectivity index (χ0v) is 72.9. The summed E-state index contributed by atoms with van der Waals surface area (Å²) in [5.74, 6) is 0.457. The molecule has 0 atom stereocenters. The van der Waals surface area contributed by atoms with Crippen LogP contribution in [-0.4, -0.2) is 198 Å². The molecule has 44 nitrogen and oxygen atoms in total. The Bertz CT molecular complexity index is 5350. The van der Waals surface area contributed by atoms with Crippen molar-refractivity contribution in [2.75, 3.05) is 20.1 Å². The summed E-state index contributed by atoms with van der Waals surface area (Å²) < 4.78 is 20.4. The van der Waals surface area contributed by atoms with Gasteiger partial charge in [0.1, 0.15) is 0 Å². The average Bonchev–Trinajstić information content (AvgIpc) is 1.61. The molecule has 16 rings (SSSR count).